The summed E-state index contributed by atoms with van der Waals surface area (Å²) in [4.78, 5) is 24.4. The number of allylic oxidation sites excluding steroid dienone is 1. The first-order valence-electron chi connectivity index (χ1n) is 8.59. The van der Waals surface area contributed by atoms with Gasteiger partial charge in [0.1, 0.15) is 17.1 Å². The largest absolute Gasteiger partial charge is 0.508 e. The summed E-state index contributed by atoms with van der Waals surface area (Å²) in [7, 11) is -4.91. The van der Waals surface area contributed by atoms with Gasteiger partial charge in [-0.15, -0.1) is 0 Å². The maximum absolute atomic E-state index is 12.6. The fourth-order valence-electron chi connectivity index (χ4n) is 2.79. The molecule has 0 spiro atoms. The number of Topliss-reactive ketones (excluding diaryl/α,β-unsaturated/α-hetero) is 1. The van der Waals surface area contributed by atoms with Gasteiger partial charge in [-0.3, -0.25) is 9.35 Å². The van der Waals surface area contributed by atoms with Crippen LogP contribution in [-0.2, 0) is 19.9 Å². The Hall–Kier alpha value is -2.39. The summed E-state index contributed by atoms with van der Waals surface area (Å²) in [5.41, 5.74) is -0.0455. The molecule has 148 valence electrons. The molecule has 1 heterocycles. The van der Waals surface area contributed by atoms with E-state index in [1.54, 1.807) is 13.0 Å². The molecular formula is C18H22O8S. The molecule has 2 N–H and O–H groups in total. The number of phenols is 1. The monoisotopic (exact) mass is 398 g/mol. The van der Waals surface area contributed by atoms with E-state index in [4.69, 9.17) is 9.29 Å². The van der Waals surface area contributed by atoms with E-state index in [9.17, 15) is 23.1 Å². The van der Waals surface area contributed by atoms with Gasteiger partial charge < -0.3 is 14.0 Å². The van der Waals surface area contributed by atoms with Crippen LogP contribution in [0.15, 0.2) is 18.2 Å². The fourth-order valence-corrected chi connectivity index (χ4v) is 3.15. The number of phenolic OH excluding ortho intramolecular Hbond substituents is 1. The number of benzene rings is 1. The van der Waals surface area contributed by atoms with Crippen molar-refractivity contribution in [1.29, 1.82) is 0 Å². The van der Waals surface area contributed by atoms with Gasteiger partial charge in [0.2, 0.25) is 0 Å². The Morgan fingerprint density at radius 3 is 2.59 bits per heavy atom. The number of esters is 1. The molecule has 0 unspecified atom stereocenters. The summed E-state index contributed by atoms with van der Waals surface area (Å²) in [6, 6.07) is 2.17. The summed E-state index contributed by atoms with van der Waals surface area (Å²) in [6.45, 7) is 1.66. The first-order chi connectivity index (χ1) is 12.7. The first kappa shape index (κ1) is 20.9. The van der Waals surface area contributed by atoms with E-state index in [0.717, 1.165) is 6.07 Å². The summed E-state index contributed by atoms with van der Waals surface area (Å²) in [5.74, 6) is -1.59. The second kappa shape index (κ2) is 9.01. The fraction of sp³-hybridized carbons (Fsp3) is 0.444. The van der Waals surface area contributed by atoms with Crippen molar-refractivity contribution in [2.75, 3.05) is 0 Å². The molecule has 0 saturated carbocycles. The van der Waals surface area contributed by atoms with Crippen molar-refractivity contribution in [3.63, 3.8) is 0 Å². The van der Waals surface area contributed by atoms with E-state index in [0.29, 0.717) is 38.5 Å². The predicted octanol–water partition coefficient (Wildman–Crippen LogP) is 3.06. The maximum atomic E-state index is 12.6. The number of hydrogen-bond acceptors (Lipinski definition) is 7. The predicted molar refractivity (Wildman–Crippen MR) is 96.9 cm³/mol. The second-order valence-corrected chi connectivity index (χ2v) is 7.38. The summed E-state index contributed by atoms with van der Waals surface area (Å²) in [5, 5.41) is 9.82. The highest BCUT2D eigenvalue weighted by atomic mass is 32.3. The number of ether oxygens (including phenoxy) is 1. The Balaban J connectivity index is 2.47. The Labute approximate surface area is 157 Å². The van der Waals surface area contributed by atoms with Crippen LogP contribution in [-0.4, -0.2) is 35.9 Å². The number of carbonyl (C=O) groups is 2. The smallest absolute Gasteiger partial charge is 0.446 e. The lowest BCUT2D eigenvalue weighted by Gasteiger charge is -2.17. The molecule has 1 atom stereocenters. The topological polar surface area (TPSA) is 127 Å². The minimum Gasteiger partial charge on any atom is -0.508 e. The average molecular weight is 398 g/mol. The Morgan fingerprint density at radius 1 is 1.19 bits per heavy atom. The van der Waals surface area contributed by atoms with E-state index in [2.05, 4.69) is 4.18 Å². The van der Waals surface area contributed by atoms with Crippen LogP contribution in [0.3, 0.4) is 0 Å². The normalized spacial score (nSPS) is 20.9. The molecule has 1 aromatic carbocycles. The SMILES string of the molecule is C[C@H]1CCCC(=O)CCC/C=C/c2cc(O)cc(OS(=O)(=O)O)c2C(=O)O1. The summed E-state index contributed by atoms with van der Waals surface area (Å²) in [6.07, 6.45) is 5.78. The van der Waals surface area contributed by atoms with Gasteiger partial charge in [0.25, 0.3) is 0 Å². The van der Waals surface area contributed by atoms with Gasteiger partial charge in [-0.05, 0) is 44.2 Å². The van der Waals surface area contributed by atoms with E-state index in [-0.39, 0.29) is 22.7 Å². The molecule has 8 nitrogen and oxygen atoms in total. The number of ketones is 1. The van der Waals surface area contributed by atoms with Gasteiger partial charge in [-0.1, -0.05) is 12.2 Å². The molecule has 0 aliphatic carbocycles. The lowest BCUT2D eigenvalue weighted by atomic mass is 10.0. The van der Waals surface area contributed by atoms with E-state index in [1.807, 2.05) is 0 Å². The van der Waals surface area contributed by atoms with Crippen molar-refractivity contribution < 1.29 is 36.6 Å². The zero-order valence-corrected chi connectivity index (χ0v) is 15.7. The summed E-state index contributed by atoms with van der Waals surface area (Å²) >= 11 is 0. The molecule has 0 radical (unpaired) electrons. The quantitative estimate of drug-likeness (QED) is 0.575. The van der Waals surface area contributed by atoms with E-state index in [1.165, 1.54) is 12.1 Å². The lowest BCUT2D eigenvalue weighted by Crippen LogP contribution is -2.18. The zero-order chi connectivity index (χ0) is 20.0. The molecule has 0 saturated heterocycles. The molecule has 1 aliphatic rings. The Morgan fingerprint density at radius 2 is 1.89 bits per heavy atom. The average Bonchev–Trinajstić information content (AvgIpc) is 2.51. The number of carbonyl (C=O) groups excluding carboxylic acids is 2. The standard InChI is InChI=1S/C18H22O8S/c1-12-6-5-9-14(19)8-4-2-3-7-13-10-15(20)11-16(26-27(22,23)24)17(13)18(21)25-12/h3,7,10-12,20H,2,4-6,8-9H2,1H3,(H,22,23,24)/b7-3+/t12-/m0/s1. The molecule has 0 amide bonds. The highest BCUT2D eigenvalue weighted by molar-refractivity contribution is 7.81. The van der Waals surface area contributed by atoms with Crippen molar-refractivity contribution >= 4 is 28.2 Å². The van der Waals surface area contributed by atoms with Gasteiger partial charge >= 0.3 is 16.4 Å². The van der Waals surface area contributed by atoms with Crippen LogP contribution < -0.4 is 4.18 Å². The minimum absolute atomic E-state index is 0.154. The molecule has 0 fully saturated rings. The number of aromatic hydroxyl groups is 1. The van der Waals surface area contributed by atoms with Crippen molar-refractivity contribution in [3.05, 3.63) is 29.3 Å². The third-order valence-electron chi connectivity index (χ3n) is 4.01. The zero-order valence-electron chi connectivity index (χ0n) is 14.9. The molecule has 27 heavy (non-hydrogen) atoms. The van der Waals surface area contributed by atoms with E-state index < -0.39 is 28.2 Å². The molecule has 9 heteroatoms. The number of rotatable bonds is 2. The maximum Gasteiger partial charge on any atom is 0.446 e. The lowest BCUT2D eigenvalue weighted by molar-refractivity contribution is -0.119. The van der Waals surface area contributed by atoms with Crippen LogP contribution in [0.1, 0.15) is 61.4 Å². The number of cyclic esters (lactones) is 1. The molecule has 0 bridgehead atoms. The highest BCUT2D eigenvalue weighted by Gasteiger charge is 2.24. The van der Waals surface area contributed by atoms with Crippen molar-refractivity contribution in [1.82, 2.24) is 0 Å². The van der Waals surface area contributed by atoms with Crippen LogP contribution in [0.25, 0.3) is 6.08 Å². The van der Waals surface area contributed by atoms with Crippen LogP contribution in [0.5, 0.6) is 11.5 Å². The number of hydrogen-bond donors (Lipinski definition) is 2. The molecular weight excluding hydrogens is 376 g/mol. The molecule has 2 rings (SSSR count). The van der Waals surface area contributed by atoms with Gasteiger partial charge in [-0.2, -0.15) is 8.42 Å². The highest BCUT2D eigenvalue weighted by Crippen LogP contribution is 2.32. The Bertz CT molecular complexity index is 841. The molecule has 0 aromatic heterocycles. The van der Waals surface area contributed by atoms with Crippen LogP contribution >= 0.6 is 0 Å². The minimum atomic E-state index is -4.91. The molecule has 1 aromatic rings. The molecule has 1 aliphatic heterocycles. The van der Waals surface area contributed by atoms with Gasteiger partial charge in [0.05, 0.1) is 6.10 Å². The van der Waals surface area contributed by atoms with Crippen LogP contribution in [0.2, 0.25) is 0 Å². The Kier molecular flexibility index (Phi) is 6.98. The third-order valence-corrected chi connectivity index (χ3v) is 4.41. The van der Waals surface area contributed by atoms with Crippen molar-refractivity contribution in [2.45, 2.75) is 51.6 Å². The number of fused-ring (bicyclic) bond motifs is 1. The van der Waals surface area contributed by atoms with Gasteiger partial charge in [-0.25, -0.2) is 4.79 Å². The second-order valence-electron chi connectivity index (χ2n) is 6.36. The van der Waals surface area contributed by atoms with Gasteiger partial charge in [0.15, 0.2) is 5.75 Å². The summed E-state index contributed by atoms with van der Waals surface area (Å²) < 4.78 is 41.0. The third kappa shape index (κ3) is 6.69. The van der Waals surface area contributed by atoms with Crippen LogP contribution in [0, 0.1) is 0 Å². The van der Waals surface area contributed by atoms with Crippen molar-refractivity contribution in [3.8, 4) is 11.5 Å². The van der Waals surface area contributed by atoms with E-state index >= 15 is 0 Å². The van der Waals surface area contributed by atoms with Crippen LogP contribution in [0.4, 0.5) is 0 Å². The first-order valence-corrected chi connectivity index (χ1v) is 9.95. The van der Waals surface area contributed by atoms with Crippen molar-refractivity contribution in [2.24, 2.45) is 0 Å². The van der Waals surface area contributed by atoms with Gasteiger partial charge in [0, 0.05) is 18.9 Å².